The van der Waals surface area contributed by atoms with Gasteiger partial charge in [0.25, 0.3) is 0 Å². The number of hydrogen-bond donors (Lipinski definition) is 0. The molecule has 1 atom stereocenters. The van der Waals surface area contributed by atoms with E-state index in [4.69, 9.17) is 4.74 Å². The Morgan fingerprint density at radius 2 is 1.54 bits per heavy atom. The first-order valence-electron chi connectivity index (χ1n) is 8.74. The Balaban J connectivity index is 1.87. The van der Waals surface area contributed by atoms with Crippen LogP contribution in [0.15, 0.2) is 42.5 Å². The van der Waals surface area contributed by atoms with Crippen molar-refractivity contribution < 1.29 is 9.53 Å². The number of fused-ring (bicyclic) bond motifs is 2. The van der Waals surface area contributed by atoms with Crippen LogP contribution in [0, 0.1) is 0 Å². The summed E-state index contributed by atoms with van der Waals surface area (Å²) >= 11 is 0. The lowest BCUT2D eigenvalue weighted by atomic mass is 9.63. The molecule has 2 aromatic carbocycles. The summed E-state index contributed by atoms with van der Waals surface area (Å²) in [7, 11) is 0. The topological polar surface area (TPSA) is 26.3 Å². The second-order valence-electron chi connectivity index (χ2n) is 8.49. The molecule has 0 fully saturated rings. The summed E-state index contributed by atoms with van der Waals surface area (Å²) in [4.78, 5) is 11.3. The molecule has 1 heterocycles. The van der Waals surface area contributed by atoms with E-state index in [2.05, 4.69) is 58.0 Å². The Morgan fingerprint density at radius 1 is 0.917 bits per heavy atom. The Bertz CT molecular complexity index is 871. The van der Waals surface area contributed by atoms with Gasteiger partial charge in [-0.1, -0.05) is 52.0 Å². The highest BCUT2D eigenvalue weighted by atomic mass is 16.5. The molecule has 0 amide bonds. The van der Waals surface area contributed by atoms with Crippen molar-refractivity contribution >= 4 is 16.7 Å². The summed E-state index contributed by atoms with van der Waals surface area (Å²) in [5, 5.41) is 2.49. The second-order valence-corrected chi connectivity index (χ2v) is 8.49. The van der Waals surface area contributed by atoms with Crippen molar-refractivity contribution in [2.45, 2.75) is 57.5 Å². The van der Waals surface area contributed by atoms with Crippen LogP contribution in [0.3, 0.4) is 0 Å². The average Bonchev–Trinajstić information content (AvgIpc) is 2.97. The standard InChI is InChI=1S/C22H24O2/c1-21(2)9-10-22(3,4)18-13-16-11-15(19-7-8-20(23)24-19)6-5-14(16)12-17(18)21/h5-8,11-13,19H,9-10H2,1-4H3. The fourth-order valence-corrected chi connectivity index (χ4v) is 4.06. The molecule has 124 valence electrons. The van der Waals surface area contributed by atoms with Crippen LogP contribution in [0.2, 0.25) is 0 Å². The molecule has 24 heavy (non-hydrogen) atoms. The van der Waals surface area contributed by atoms with Crippen LogP contribution in [0.25, 0.3) is 10.8 Å². The number of ether oxygens (including phenoxy) is 1. The van der Waals surface area contributed by atoms with E-state index in [0.717, 1.165) is 5.56 Å². The number of hydrogen-bond acceptors (Lipinski definition) is 2. The van der Waals surface area contributed by atoms with Crippen molar-refractivity contribution in [2.75, 3.05) is 0 Å². The van der Waals surface area contributed by atoms with Crippen LogP contribution in [0.5, 0.6) is 0 Å². The smallest absolute Gasteiger partial charge is 0.331 e. The molecule has 0 spiro atoms. The van der Waals surface area contributed by atoms with Gasteiger partial charge in [-0.15, -0.1) is 0 Å². The Morgan fingerprint density at radius 3 is 2.12 bits per heavy atom. The van der Waals surface area contributed by atoms with Gasteiger partial charge in [-0.3, -0.25) is 0 Å². The average molecular weight is 320 g/mol. The van der Waals surface area contributed by atoms with Crippen molar-refractivity contribution in [3.05, 3.63) is 59.2 Å². The van der Waals surface area contributed by atoms with Crippen LogP contribution in [0.1, 0.15) is 63.3 Å². The molecule has 2 nitrogen and oxygen atoms in total. The van der Waals surface area contributed by atoms with Gasteiger partial charge in [0.15, 0.2) is 0 Å². The molecule has 0 N–H and O–H groups in total. The lowest BCUT2D eigenvalue weighted by molar-refractivity contribution is -0.138. The highest BCUT2D eigenvalue weighted by Gasteiger charge is 2.37. The van der Waals surface area contributed by atoms with Crippen LogP contribution < -0.4 is 0 Å². The first-order valence-corrected chi connectivity index (χ1v) is 8.74. The fraction of sp³-hybridized carbons (Fsp3) is 0.409. The van der Waals surface area contributed by atoms with Gasteiger partial charge in [-0.2, -0.15) is 0 Å². The molecule has 4 rings (SSSR count). The number of carbonyl (C=O) groups excluding carboxylic acids is 1. The molecule has 2 heteroatoms. The third-order valence-electron chi connectivity index (χ3n) is 5.81. The van der Waals surface area contributed by atoms with Crippen molar-refractivity contribution in [2.24, 2.45) is 0 Å². The first-order chi connectivity index (χ1) is 11.3. The molecular formula is C22H24O2. The van der Waals surface area contributed by atoms with Gasteiger partial charge in [0.1, 0.15) is 6.10 Å². The molecule has 2 aromatic rings. The molecule has 0 aromatic heterocycles. The van der Waals surface area contributed by atoms with Gasteiger partial charge < -0.3 is 4.74 Å². The maximum absolute atomic E-state index is 11.3. The quantitative estimate of drug-likeness (QED) is 0.663. The van der Waals surface area contributed by atoms with Gasteiger partial charge in [-0.05, 0) is 63.3 Å². The van der Waals surface area contributed by atoms with Crippen molar-refractivity contribution in [3.8, 4) is 0 Å². The van der Waals surface area contributed by atoms with Crippen LogP contribution in [-0.4, -0.2) is 5.97 Å². The van der Waals surface area contributed by atoms with Gasteiger partial charge in [0.2, 0.25) is 0 Å². The fourth-order valence-electron chi connectivity index (χ4n) is 4.06. The van der Waals surface area contributed by atoms with E-state index in [1.54, 1.807) is 0 Å². The predicted octanol–water partition coefficient (Wildman–Crippen LogP) is 5.34. The molecular weight excluding hydrogens is 296 g/mol. The van der Waals surface area contributed by atoms with E-state index >= 15 is 0 Å². The molecule has 0 saturated carbocycles. The minimum Gasteiger partial charge on any atom is -0.450 e. The number of cyclic esters (lactones) is 1. The highest BCUT2D eigenvalue weighted by Crippen LogP contribution is 2.47. The summed E-state index contributed by atoms with van der Waals surface area (Å²) < 4.78 is 5.33. The Kier molecular flexibility index (Phi) is 3.19. The lowest BCUT2D eigenvalue weighted by Crippen LogP contribution is -2.33. The third kappa shape index (κ3) is 2.36. The van der Waals surface area contributed by atoms with Crippen LogP contribution in [0.4, 0.5) is 0 Å². The van der Waals surface area contributed by atoms with Crippen LogP contribution in [-0.2, 0) is 20.4 Å². The Labute approximate surface area is 143 Å². The SMILES string of the molecule is CC1(C)CCC(C)(C)c2cc3cc(C4C=CC(=O)O4)ccc3cc21. The lowest BCUT2D eigenvalue weighted by Gasteiger charge is -2.42. The second kappa shape index (κ2) is 4.95. The van der Waals surface area contributed by atoms with E-state index in [1.165, 1.54) is 40.8 Å². The minimum absolute atomic E-state index is 0.203. The molecule has 0 bridgehead atoms. The molecule has 0 saturated heterocycles. The summed E-state index contributed by atoms with van der Waals surface area (Å²) in [6.45, 7) is 9.39. The Hall–Kier alpha value is -2.09. The summed E-state index contributed by atoms with van der Waals surface area (Å²) in [5.41, 5.74) is 4.40. The maximum atomic E-state index is 11.3. The monoisotopic (exact) mass is 320 g/mol. The zero-order chi connectivity index (χ0) is 17.1. The van der Waals surface area contributed by atoms with Gasteiger partial charge in [0, 0.05) is 6.08 Å². The van der Waals surface area contributed by atoms with Gasteiger partial charge in [0.05, 0.1) is 0 Å². The predicted molar refractivity (Wildman–Crippen MR) is 97.2 cm³/mol. The highest BCUT2D eigenvalue weighted by molar-refractivity contribution is 5.87. The van der Waals surface area contributed by atoms with Crippen molar-refractivity contribution in [3.63, 3.8) is 0 Å². The van der Waals surface area contributed by atoms with E-state index in [0.29, 0.717) is 0 Å². The largest absolute Gasteiger partial charge is 0.450 e. The zero-order valence-corrected chi connectivity index (χ0v) is 14.8. The normalized spacial score (nSPS) is 24.0. The van der Waals surface area contributed by atoms with Crippen molar-refractivity contribution in [1.82, 2.24) is 0 Å². The number of benzene rings is 2. The van der Waals surface area contributed by atoms with Gasteiger partial charge in [-0.25, -0.2) is 4.79 Å². The molecule has 1 unspecified atom stereocenters. The maximum Gasteiger partial charge on any atom is 0.331 e. The molecule has 0 radical (unpaired) electrons. The summed E-state index contributed by atoms with van der Waals surface area (Å²) in [5.74, 6) is -0.256. The number of carbonyl (C=O) groups is 1. The number of rotatable bonds is 1. The van der Waals surface area contributed by atoms with E-state index in [1.807, 2.05) is 6.08 Å². The zero-order valence-electron chi connectivity index (χ0n) is 14.8. The molecule has 1 aliphatic carbocycles. The number of esters is 1. The first kappa shape index (κ1) is 15.4. The van der Waals surface area contributed by atoms with Gasteiger partial charge >= 0.3 is 5.97 Å². The third-order valence-corrected chi connectivity index (χ3v) is 5.81. The van der Waals surface area contributed by atoms with E-state index in [-0.39, 0.29) is 22.9 Å². The summed E-state index contributed by atoms with van der Waals surface area (Å²) in [6.07, 6.45) is 5.52. The minimum atomic E-state index is -0.256. The molecule has 1 aliphatic heterocycles. The van der Waals surface area contributed by atoms with E-state index in [9.17, 15) is 4.79 Å². The summed E-state index contributed by atoms with van der Waals surface area (Å²) in [6, 6.07) is 11.1. The van der Waals surface area contributed by atoms with E-state index < -0.39 is 0 Å². The molecule has 2 aliphatic rings. The van der Waals surface area contributed by atoms with Crippen molar-refractivity contribution in [1.29, 1.82) is 0 Å². The van der Waals surface area contributed by atoms with Crippen LogP contribution >= 0.6 is 0 Å².